The van der Waals surface area contributed by atoms with E-state index < -0.39 is 6.67 Å². The van der Waals surface area contributed by atoms with Crippen LogP contribution in [0.25, 0.3) is 0 Å². The van der Waals surface area contributed by atoms with Crippen LogP contribution < -0.4 is 0 Å². The minimum atomic E-state index is -0.496. The van der Waals surface area contributed by atoms with E-state index in [1.165, 1.54) is 4.90 Å². The van der Waals surface area contributed by atoms with Gasteiger partial charge in [0.1, 0.15) is 6.54 Å². The van der Waals surface area contributed by atoms with E-state index in [1.807, 2.05) is 0 Å². The molecule has 1 saturated heterocycles. The standard InChI is InChI=1S/C13H19FN2O2/c14-7-4-8-16-12(17)10-15(13(16)18)9-11-5-2-1-3-6-11/h1-2,11H,3-10H2. The van der Waals surface area contributed by atoms with Crippen molar-refractivity contribution in [1.82, 2.24) is 9.80 Å². The fraction of sp³-hybridized carbons (Fsp3) is 0.692. The average molecular weight is 254 g/mol. The van der Waals surface area contributed by atoms with Crippen molar-refractivity contribution >= 4 is 11.9 Å². The van der Waals surface area contributed by atoms with Gasteiger partial charge in [-0.1, -0.05) is 12.2 Å². The summed E-state index contributed by atoms with van der Waals surface area (Å²) in [5, 5.41) is 0. The van der Waals surface area contributed by atoms with Crippen molar-refractivity contribution in [2.75, 3.05) is 26.3 Å². The van der Waals surface area contributed by atoms with E-state index in [9.17, 15) is 14.0 Å². The fourth-order valence-electron chi connectivity index (χ4n) is 2.51. The van der Waals surface area contributed by atoms with Crippen molar-refractivity contribution in [3.63, 3.8) is 0 Å². The highest BCUT2D eigenvalue weighted by atomic mass is 19.1. The second-order valence-electron chi connectivity index (χ2n) is 4.90. The van der Waals surface area contributed by atoms with Crippen LogP contribution in [0.1, 0.15) is 25.7 Å². The van der Waals surface area contributed by atoms with Crippen molar-refractivity contribution in [3.05, 3.63) is 12.2 Å². The van der Waals surface area contributed by atoms with E-state index in [0.29, 0.717) is 12.5 Å². The summed E-state index contributed by atoms with van der Waals surface area (Å²) in [4.78, 5) is 26.4. The van der Waals surface area contributed by atoms with Gasteiger partial charge in [-0.15, -0.1) is 0 Å². The first-order valence-corrected chi connectivity index (χ1v) is 6.52. The highest BCUT2D eigenvalue weighted by molar-refractivity contribution is 6.01. The molecule has 1 aliphatic heterocycles. The van der Waals surface area contributed by atoms with Crippen molar-refractivity contribution in [1.29, 1.82) is 0 Å². The molecule has 2 rings (SSSR count). The molecule has 1 fully saturated rings. The second kappa shape index (κ2) is 5.98. The largest absolute Gasteiger partial charge is 0.327 e. The molecular formula is C13H19FN2O2. The molecule has 0 spiro atoms. The Bertz CT molecular complexity index is 357. The number of carbonyl (C=O) groups excluding carboxylic acids is 2. The normalized spacial score (nSPS) is 24.2. The third-order valence-electron chi connectivity index (χ3n) is 3.50. The molecule has 4 nitrogen and oxygen atoms in total. The number of hydrogen-bond acceptors (Lipinski definition) is 2. The molecule has 0 saturated carbocycles. The molecule has 18 heavy (non-hydrogen) atoms. The van der Waals surface area contributed by atoms with Gasteiger partial charge in [-0.3, -0.25) is 14.1 Å². The van der Waals surface area contributed by atoms with Gasteiger partial charge in [-0.25, -0.2) is 4.79 Å². The first-order valence-electron chi connectivity index (χ1n) is 6.52. The molecule has 1 atom stereocenters. The zero-order chi connectivity index (χ0) is 13.0. The maximum absolute atomic E-state index is 12.1. The minimum absolute atomic E-state index is 0.158. The van der Waals surface area contributed by atoms with Gasteiger partial charge in [0, 0.05) is 13.1 Å². The van der Waals surface area contributed by atoms with E-state index in [0.717, 1.165) is 19.3 Å². The van der Waals surface area contributed by atoms with Crippen LogP contribution in [0.2, 0.25) is 0 Å². The first kappa shape index (κ1) is 13.1. The van der Waals surface area contributed by atoms with Crippen molar-refractivity contribution < 1.29 is 14.0 Å². The van der Waals surface area contributed by atoms with Crippen LogP contribution in [-0.4, -0.2) is 48.0 Å². The lowest BCUT2D eigenvalue weighted by Gasteiger charge is -2.24. The highest BCUT2D eigenvalue weighted by Gasteiger charge is 2.36. The Kier molecular flexibility index (Phi) is 4.33. The lowest BCUT2D eigenvalue weighted by atomic mass is 9.94. The highest BCUT2D eigenvalue weighted by Crippen LogP contribution is 2.21. The molecule has 5 heteroatoms. The Morgan fingerprint density at radius 2 is 2.17 bits per heavy atom. The topological polar surface area (TPSA) is 40.6 Å². The van der Waals surface area contributed by atoms with Crippen LogP contribution in [0.4, 0.5) is 9.18 Å². The smallest absolute Gasteiger partial charge is 0.315 e. The summed E-state index contributed by atoms with van der Waals surface area (Å²) in [6.45, 7) is 0.506. The lowest BCUT2D eigenvalue weighted by molar-refractivity contribution is -0.125. The van der Waals surface area contributed by atoms with Crippen LogP contribution >= 0.6 is 0 Å². The molecule has 2 aliphatic rings. The number of rotatable bonds is 5. The molecule has 0 N–H and O–H groups in total. The third-order valence-corrected chi connectivity index (χ3v) is 3.50. The fourth-order valence-corrected chi connectivity index (χ4v) is 2.51. The molecule has 0 radical (unpaired) electrons. The Morgan fingerprint density at radius 1 is 1.33 bits per heavy atom. The Morgan fingerprint density at radius 3 is 2.83 bits per heavy atom. The van der Waals surface area contributed by atoms with Crippen LogP contribution in [0.5, 0.6) is 0 Å². The lowest BCUT2D eigenvalue weighted by Crippen LogP contribution is -2.36. The second-order valence-corrected chi connectivity index (χ2v) is 4.90. The molecule has 3 amide bonds. The molecule has 1 heterocycles. The van der Waals surface area contributed by atoms with Gasteiger partial charge < -0.3 is 4.90 Å². The number of allylic oxidation sites excluding steroid dienone is 2. The number of amides is 3. The van der Waals surface area contributed by atoms with Crippen molar-refractivity contribution in [2.45, 2.75) is 25.7 Å². The van der Waals surface area contributed by atoms with Gasteiger partial charge in [0.25, 0.3) is 0 Å². The molecular weight excluding hydrogens is 235 g/mol. The average Bonchev–Trinajstić information content (AvgIpc) is 2.64. The van der Waals surface area contributed by atoms with Crippen LogP contribution in [0.3, 0.4) is 0 Å². The Balaban J connectivity index is 1.88. The van der Waals surface area contributed by atoms with E-state index in [1.54, 1.807) is 4.90 Å². The molecule has 0 aromatic rings. The number of alkyl halides is 1. The maximum Gasteiger partial charge on any atom is 0.327 e. The molecule has 0 aromatic carbocycles. The quantitative estimate of drug-likeness (QED) is 0.556. The molecule has 0 bridgehead atoms. The number of carbonyl (C=O) groups is 2. The van der Waals surface area contributed by atoms with Gasteiger partial charge in [-0.05, 0) is 31.6 Å². The van der Waals surface area contributed by atoms with Crippen LogP contribution in [0.15, 0.2) is 12.2 Å². The van der Waals surface area contributed by atoms with E-state index in [4.69, 9.17) is 0 Å². The Labute approximate surface area is 106 Å². The first-order chi connectivity index (χ1) is 8.72. The third kappa shape index (κ3) is 2.89. The van der Waals surface area contributed by atoms with E-state index in [2.05, 4.69) is 12.2 Å². The summed E-state index contributed by atoms with van der Waals surface area (Å²) in [6.07, 6.45) is 7.61. The minimum Gasteiger partial charge on any atom is -0.315 e. The maximum atomic E-state index is 12.1. The molecule has 0 aromatic heterocycles. The predicted octanol–water partition coefficient (Wildman–Crippen LogP) is 1.97. The summed E-state index contributed by atoms with van der Waals surface area (Å²) >= 11 is 0. The van der Waals surface area contributed by atoms with Crippen molar-refractivity contribution in [2.24, 2.45) is 5.92 Å². The van der Waals surface area contributed by atoms with E-state index in [-0.39, 0.29) is 31.4 Å². The number of imide groups is 1. The molecule has 1 unspecified atom stereocenters. The van der Waals surface area contributed by atoms with Gasteiger partial charge in [-0.2, -0.15) is 0 Å². The van der Waals surface area contributed by atoms with Gasteiger partial charge in [0.05, 0.1) is 6.67 Å². The van der Waals surface area contributed by atoms with Gasteiger partial charge in [0.2, 0.25) is 5.91 Å². The number of nitrogens with zero attached hydrogens (tertiary/aromatic N) is 2. The SMILES string of the molecule is O=C1CN(CC2CC=CCC2)C(=O)N1CCCF. The monoisotopic (exact) mass is 254 g/mol. The predicted molar refractivity (Wildman–Crippen MR) is 65.8 cm³/mol. The van der Waals surface area contributed by atoms with Crippen molar-refractivity contribution in [3.8, 4) is 0 Å². The summed E-state index contributed by atoms with van der Waals surface area (Å²) in [5.74, 6) is 0.257. The number of hydrogen-bond donors (Lipinski definition) is 0. The van der Waals surface area contributed by atoms with Crippen LogP contribution in [0, 0.1) is 5.92 Å². The van der Waals surface area contributed by atoms with Crippen LogP contribution in [-0.2, 0) is 4.79 Å². The van der Waals surface area contributed by atoms with Gasteiger partial charge >= 0.3 is 6.03 Å². The zero-order valence-corrected chi connectivity index (χ0v) is 10.5. The summed E-state index contributed by atoms with van der Waals surface area (Å²) in [7, 11) is 0. The van der Waals surface area contributed by atoms with E-state index >= 15 is 0 Å². The van der Waals surface area contributed by atoms with Gasteiger partial charge in [0.15, 0.2) is 0 Å². The number of urea groups is 1. The summed E-state index contributed by atoms with van der Waals surface area (Å²) in [5.41, 5.74) is 0. The molecule has 1 aliphatic carbocycles. The molecule has 100 valence electrons. The summed E-state index contributed by atoms with van der Waals surface area (Å²) < 4.78 is 12.1. The summed E-state index contributed by atoms with van der Waals surface area (Å²) in [6, 6.07) is -0.247. The number of halogens is 1. The Hall–Kier alpha value is -1.39. The zero-order valence-electron chi connectivity index (χ0n) is 10.5.